The third-order valence-corrected chi connectivity index (χ3v) is 5.23. The Hall–Kier alpha value is -1.99. The van der Waals surface area contributed by atoms with Gasteiger partial charge in [0, 0.05) is 17.2 Å². The van der Waals surface area contributed by atoms with Crippen LogP contribution >= 0.6 is 11.3 Å². The number of esters is 1. The van der Waals surface area contributed by atoms with E-state index in [0.717, 1.165) is 16.2 Å². The summed E-state index contributed by atoms with van der Waals surface area (Å²) in [5, 5.41) is 2.70. The summed E-state index contributed by atoms with van der Waals surface area (Å²) in [5.41, 5.74) is 0. The fourth-order valence-electron chi connectivity index (χ4n) is 1.70. The van der Waals surface area contributed by atoms with Crippen molar-refractivity contribution >= 4 is 34.0 Å². The van der Waals surface area contributed by atoms with Crippen molar-refractivity contribution in [2.75, 3.05) is 19.4 Å². The summed E-state index contributed by atoms with van der Waals surface area (Å²) < 4.78 is 16.6. The first kappa shape index (κ1) is 16.4. The number of amides is 1. The van der Waals surface area contributed by atoms with E-state index in [4.69, 9.17) is 0 Å². The first-order valence-electron chi connectivity index (χ1n) is 6.51. The maximum absolute atomic E-state index is 12.0. The Balaban J connectivity index is 1.84. The smallest absolute Gasteiger partial charge is 0.348 e. The molecule has 0 aliphatic rings. The maximum Gasteiger partial charge on any atom is 0.348 e. The highest BCUT2D eigenvalue weighted by Crippen LogP contribution is 2.17. The van der Waals surface area contributed by atoms with Gasteiger partial charge < -0.3 is 10.1 Å². The quantitative estimate of drug-likeness (QED) is 0.819. The maximum atomic E-state index is 12.0. The predicted octanol–water partition coefficient (Wildman–Crippen LogP) is 2.07. The number of nitrogens with one attached hydrogen (secondary N) is 1. The lowest BCUT2D eigenvalue weighted by atomic mass is 10.4. The molecule has 0 bridgehead atoms. The Bertz CT molecular complexity index is 682. The van der Waals surface area contributed by atoms with Crippen molar-refractivity contribution in [2.45, 2.75) is 4.90 Å². The van der Waals surface area contributed by atoms with E-state index in [0.29, 0.717) is 22.1 Å². The molecule has 0 saturated carbocycles. The number of methoxy groups -OCH3 is 1. The molecule has 116 valence electrons. The average Bonchev–Trinajstić information content (AvgIpc) is 3.04. The molecule has 22 heavy (non-hydrogen) atoms. The third kappa shape index (κ3) is 4.25. The third-order valence-electron chi connectivity index (χ3n) is 2.80. The lowest BCUT2D eigenvalue weighted by molar-refractivity contribution is 0.0606. The average molecular weight is 337 g/mol. The summed E-state index contributed by atoms with van der Waals surface area (Å²) in [6, 6.07) is 12.2. The molecular formula is C15H15NO4S2. The molecule has 1 heterocycles. The van der Waals surface area contributed by atoms with Crippen molar-refractivity contribution in [1.29, 1.82) is 0 Å². The molecule has 0 fully saturated rings. The van der Waals surface area contributed by atoms with Crippen LogP contribution in [-0.2, 0) is 15.5 Å². The molecule has 1 aromatic heterocycles. The van der Waals surface area contributed by atoms with E-state index in [1.165, 1.54) is 7.11 Å². The highest BCUT2D eigenvalue weighted by atomic mass is 32.2. The van der Waals surface area contributed by atoms with Crippen LogP contribution in [0.5, 0.6) is 0 Å². The largest absolute Gasteiger partial charge is 0.465 e. The van der Waals surface area contributed by atoms with Crippen molar-refractivity contribution in [3.8, 4) is 0 Å². The predicted molar refractivity (Wildman–Crippen MR) is 85.7 cm³/mol. The van der Waals surface area contributed by atoms with E-state index in [-0.39, 0.29) is 5.91 Å². The van der Waals surface area contributed by atoms with E-state index >= 15 is 0 Å². The number of hydrogen-bond donors (Lipinski definition) is 1. The van der Waals surface area contributed by atoms with Gasteiger partial charge in [0.15, 0.2) is 0 Å². The van der Waals surface area contributed by atoms with Gasteiger partial charge >= 0.3 is 5.97 Å². The number of hydrogen-bond acceptors (Lipinski definition) is 5. The van der Waals surface area contributed by atoms with Crippen LogP contribution in [0.25, 0.3) is 0 Å². The molecule has 7 heteroatoms. The van der Waals surface area contributed by atoms with Crippen LogP contribution < -0.4 is 5.32 Å². The van der Waals surface area contributed by atoms with E-state index < -0.39 is 16.8 Å². The molecule has 1 atom stereocenters. The molecule has 1 amide bonds. The second kappa shape index (κ2) is 7.86. The highest BCUT2D eigenvalue weighted by molar-refractivity contribution is 7.85. The topological polar surface area (TPSA) is 72.5 Å². The number of carbonyl (C=O) groups excluding carboxylic acids is 2. The number of carbonyl (C=O) groups is 2. The molecule has 0 spiro atoms. The van der Waals surface area contributed by atoms with Crippen LogP contribution in [0.2, 0.25) is 0 Å². The Morgan fingerprint density at radius 1 is 1.14 bits per heavy atom. The molecule has 1 aromatic carbocycles. The van der Waals surface area contributed by atoms with E-state index in [9.17, 15) is 13.8 Å². The van der Waals surface area contributed by atoms with Crippen molar-refractivity contribution in [3.05, 3.63) is 52.2 Å². The van der Waals surface area contributed by atoms with Crippen LogP contribution in [0.3, 0.4) is 0 Å². The number of ether oxygens (including phenoxy) is 1. The number of rotatable bonds is 6. The minimum Gasteiger partial charge on any atom is -0.465 e. The van der Waals surface area contributed by atoms with Crippen molar-refractivity contribution in [2.24, 2.45) is 0 Å². The molecule has 0 aliphatic carbocycles. The Labute approximate surface area is 134 Å². The van der Waals surface area contributed by atoms with Crippen LogP contribution in [0, 0.1) is 0 Å². The van der Waals surface area contributed by atoms with Gasteiger partial charge in [0.25, 0.3) is 5.91 Å². The minimum absolute atomic E-state index is 0.287. The summed E-state index contributed by atoms with van der Waals surface area (Å²) in [4.78, 5) is 24.8. The Morgan fingerprint density at radius 3 is 2.50 bits per heavy atom. The van der Waals surface area contributed by atoms with E-state index in [2.05, 4.69) is 10.1 Å². The van der Waals surface area contributed by atoms with Crippen molar-refractivity contribution < 1.29 is 18.5 Å². The minimum atomic E-state index is -1.15. The van der Waals surface area contributed by atoms with Crippen LogP contribution in [0.1, 0.15) is 19.3 Å². The van der Waals surface area contributed by atoms with Gasteiger partial charge in [-0.3, -0.25) is 9.00 Å². The molecule has 1 N–H and O–H groups in total. The zero-order valence-corrected chi connectivity index (χ0v) is 13.5. The summed E-state index contributed by atoms with van der Waals surface area (Å²) in [6.45, 7) is 0.297. The van der Waals surface area contributed by atoms with Gasteiger partial charge in [0.05, 0.1) is 22.8 Å². The van der Waals surface area contributed by atoms with Gasteiger partial charge in [-0.15, -0.1) is 11.3 Å². The van der Waals surface area contributed by atoms with Gasteiger partial charge in [-0.05, 0) is 24.3 Å². The number of benzene rings is 1. The number of thiophene rings is 1. The second-order valence-electron chi connectivity index (χ2n) is 4.27. The van der Waals surface area contributed by atoms with Gasteiger partial charge in [-0.2, -0.15) is 0 Å². The zero-order chi connectivity index (χ0) is 15.9. The van der Waals surface area contributed by atoms with Crippen LogP contribution in [0.15, 0.2) is 47.4 Å². The van der Waals surface area contributed by atoms with Crippen molar-refractivity contribution in [3.63, 3.8) is 0 Å². The molecule has 5 nitrogen and oxygen atoms in total. The van der Waals surface area contributed by atoms with Gasteiger partial charge in [-0.1, -0.05) is 18.2 Å². The van der Waals surface area contributed by atoms with E-state index in [1.54, 1.807) is 24.3 Å². The molecule has 0 unspecified atom stereocenters. The fourth-order valence-corrected chi connectivity index (χ4v) is 3.53. The Morgan fingerprint density at radius 2 is 1.82 bits per heavy atom. The standard InChI is InChI=1S/C15H15NO4S2/c1-20-15(18)13-8-7-12(21-13)14(17)16-9-10-22(19)11-5-3-2-4-6-11/h2-8H,9-10H2,1H3,(H,16,17)/t22-/m1/s1. The molecule has 2 rings (SSSR count). The molecule has 0 aliphatic heterocycles. The van der Waals surface area contributed by atoms with Crippen molar-refractivity contribution in [1.82, 2.24) is 5.32 Å². The highest BCUT2D eigenvalue weighted by Gasteiger charge is 2.14. The molecular weight excluding hydrogens is 322 g/mol. The summed E-state index contributed by atoms with van der Waals surface area (Å²) in [6.07, 6.45) is 0. The molecule has 0 radical (unpaired) electrons. The molecule has 0 saturated heterocycles. The zero-order valence-electron chi connectivity index (χ0n) is 11.9. The van der Waals surface area contributed by atoms with Crippen LogP contribution in [-0.4, -0.2) is 35.5 Å². The summed E-state index contributed by atoms with van der Waals surface area (Å²) in [5.74, 6) is -0.412. The van der Waals surface area contributed by atoms with E-state index in [1.807, 2.05) is 18.2 Å². The van der Waals surface area contributed by atoms with Gasteiger partial charge in [-0.25, -0.2) is 4.79 Å². The lowest BCUT2D eigenvalue weighted by Crippen LogP contribution is -2.27. The lowest BCUT2D eigenvalue weighted by Gasteiger charge is -2.04. The SMILES string of the molecule is COC(=O)c1ccc(C(=O)NCC[S@@](=O)c2ccccc2)s1. The summed E-state index contributed by atoms with van der Waals surface area (Å²) >= 11 is 1.07. The Kier molecular flexibility index (Phi) is 5.85. The first-order valence-corrected chi connectivity index (χ1v) is 8.65. The summed E-state index contributed by atoms with van der Waals surface area (Å²) in [7, 11) is 0.147. The van der Waals surface area contributed by atoms with Gasteiger partial charge in [0.1, 0.15) is 4.88 Å². The second-order valence-corrected chi connectivity index (χ2v) is 6.93. The fraction of sp³-hybridized carbons (Fsp3) is 0.200. The first-order chi connectivity index (χ1) is 10.6. The van der Waals surface area contributed by atoms with Gasteiger partial charge in [0.2, 0.25) is 0 Å². The normalized spacial score (nSPS) is 11.7. The van der Waals surface area contributed by atoms with Crippen LogP contribution in [0.4, 0.5) is 0 Å². The molecule has 2 aromatic rings. The monoisotopic (exact) mass is 337 g/mol.